The van der Waals surface area contributed by atoms with Gasteiger partial charge in [-0.1, -0.05) is 18.2 Å². The average molecular weight is 345 g/mol. The number of carbonyl (C=O) groups is 2. The number of amides is 3. The van der Waals surface area contributed by atoms with E-state index in [9.17, 15) is 14.0 Å². The minimum Gasteiger partial charge on any atom is -0.369 e. The van der Waals surface area contributed by atoms with E-state index in [1.807, 2.05) is 0 Å². The molecule has 0 saturated carbocycles. The number of urea groups is 1. The topological polar surface area (TPSA) is 75.4 Å². The summed E-state index contributed by atoms with van der Waals surface area (Å²) in [6.07, 6.45) is 5.91. The number of rotatable bonds is 3. The minimum absolute atomic E-state index is 0.0634. The molecule has 25 heavy (non-hydrogen) atoms. The molecule has 0 bridgehead atoms. The normalized spacial score (nSPS) is 21.6. The number of benzene rings is 1. The zero-order chi connectivity index (χ0) is 17.8. The predicted molar refractivity (Wildman–Crippen MR) is 94.0 cm³/mol. The van der Waals surface area contributed by atoms with Gasteiger partial charge in [-0.15, -0.1) is 0 Å². The monoisotopic (exact) mass is 345 g/mol. The molecule has 0 spiro atoms. The fraction of sp³-hybridized carbons (Fsp3) is 0.474. The maximum Gasteiger partial charge on any atom is 0.317 e. The molecule has 1 aromatic carbocycles. The fourth-order valence-corrected chi connectivity index (χ4v) is 3.52. The number of piperidine rings is 1. The molecule has 1 heterocycles. The molecule has 1 aliphatic heterocycles. The Kier molecular flexibility index (Phi) is 5.36. The Morgan fingerprint density at radius 3 is 2.36 bits per heavy atom. The van der Waals surface area contributed by atoms with E-state index >= 15 is 0 Å². The van der Waals surface area contributed by atoms with Crippen molar-refractivity contribution in [2.75, 3.05) is 13.1 Å². The SMILES string of the molecule is NC(=O)C1CCN(C(=O)N[C@@H]2CC=C(c3ccc(F)cc3)CC2)CC1. The summed E-state index contributed by atoms with van der Waals surface area (Å²) in [6.45, 7) is 1.14. The molecule has 2 aliphatic rings. The lowest BCUT2D eigenvalue weighted by Gasteiger charge is -2.32. The summed E-state index contributed by atoms with van der Waals surface area (Å²) in [6, 6.07) is 6.59. The maximum absolute atomic E-state index is 13.0. The fourth-order valence-electron chi connectivity index (χ4n) is 3.52. The molecule has 5 nitrogen and oxygen atoms in total. The Morgan fingerprint density at radius 2 is 1.80 bits per heavy atom. The number of likely N-dealkylation sites (tertiary alicyclic amines) is 1. The lowest BCUT2D eigenvalue weighted by atomic mass is 9.91. The van der Waals surface area contributed by atoms with Crippen LogP contribution in [0, 0.1) is 11.7 Å². The zero-order valence-electron chi connectivity index (χ0n) is 14.2. The standard InChI is InChI=1S/C19H24FN3O2/c20-16-5-1-13(2-6-16)14-3-7-17(8-4-14)22-19(25)23-11-9-15(10-12-23)18(21)24/h1-3,5-6,15,17H,4,7-12H2,(H2,21,24)(H,22,25)/t17-/m1/s1. The Balaban J connectivity index is 1.49. The lowest BCUT2D eigenvalue weighted by molar-refractivity contribution is -0.123. The number of hydrogen-bond donors (Lipinski definition) is 2. The smallest absolute Gasteiger partial charge is 0.317 e. The summed E-state index contributed by atoms with van der Waals surface area (Å²) in [5.74, 6) is -0.615. The number of allylic oxidation sites excluding steroid dienone is 1. The predicted octanol–water partition coefficient (Wildman–Crippen LogP) is 2.67. The van der Waals surface area contributed by atoms with Crippen LogP contribution in [0.3, 0.4) is 0 Å². The second-order valence-electron chi connectivity index (χ2n) is 6.82. The Bertz CT molecular complexity index is 664. The summed E-state index contributed by atoms with van der Waals surface area (Å²) < 4.78 is 13.0. The zero-order valence-corrected chi connectivity index (χ0v) is 14.2. The van der Waals surface area contributed by atoms with Crippen molar-refractivity contribution in [3.05, 3.63) is 41.7 Å². The molecule has 3 amide bonds. The van der Waals surface area contributed by atoms with E-state index in [0.717, 1.165) is 24.8 Å². The van der Waals surface area contributed by atoms with Crippen LogP contribution in [0.15, 0.2) is 30.3 Å². The molecular formula is C19H24FN3O2. The quantitative estimate of drug-likeness (QED) is 0.884. The third-order valence-corrected chi connectivity index (χ3v) is 5.14. The van der Waals surface area contributed by atoms with Gasteiger partial charge in [-0.2, -0.15) is 0 Å². The Morgan fingerprint density at radius 1 is 1.12 bits per heavy atom. The largest absolute Gasteiger partial charge is 0.369 e. The van der Waals surface area contributed by atoms with Gasteiger partial charge in [0.1, 0.15) is 5.82 Å². The van der Waals surface area contributed by atoms with E-state index in [-0.39, 0.29) is 29.7 Å². The van der Waals surface area contributed by atoms with Crippen molar-refractivity contribution in [1.29, 1.82) is 0 Å². The first kappa shape index (κ1) is 17.5. The van der Waals surface area contributed by atoms with Crippen molar-refractivity contribution < 1.29 is 14.0 Å². The Hall–Kier alpha value is -2.37. The van der Waals surface area contributed by atoms with E-state index in [0.29, 0.717) is 25.9 Å². The van der Waals surface area contributed by atoms with Crippen molar-refractivity contribution in [3.8, 4) is 0 Å². The van der Waals surface area contributed by atoms with Crippen LogP contribution in [0.5, 0.6) is 0 Å². The van der Waals surface area contributed by atoms with Crippen molar-refractivity contribution in [3.63, 3.8) is 0 Å². The summed E-state index contributed by atoms with van der Waals surface area (Å²) in [4.78, 5) is 25.3. The highest BCUT2D eigenvalue weighted by Gasteiger charge is 2.27. The number of halogens is 1. The van der Waals surface area contributed by atoms with Crippen LogP contribution in [-0.4, -0.2) is 36.0 Å². The molecule has 1 aromatic rings. The first-order chi connectivity index (χ1) is 12.0. The third-order valence-electron chi connectivity index (χ3n) is 5.14. The summed E-state index contributed by atoms with van der Waals surface area (Å²) in [7, 11) is 0. The van der Waals surface area contributed by atoms with Crippen molar-refractivity contribution in [2.24, 2.45) is 11.7 Å². The van der Waals surface area contributed by atoms with Crippen LogP contribution in [-0.2, 0) is 4.79 Å². The molecule has 1 saturated heterocycles. The highest BCUT2D eigenvalue weighted by Crippen LogP contribution is 2.27. The minimum atomic E-state index is -0.272. The summed E-state index contributed by atoms with van der Waals surface area (Å²) in [5, 5.41) is 3.08. The number of primary amides is 1. The third kappa shape index (κ3) is 4.38. The van der Waals surface area contributed by atoms with Gasteiger partial charge in [0.2, 0.25) is 5.91 Å². The van der Waals surface area contributed by atoms with Crippen molar-refractivity contribution in [1.82, 2.24) is 10.2 Å². The van der Waals surface area contributed by atoms with E-state index in [1.165, 1.54) is 17.7 Å². The highest BCUT2D eigenvalue weighted by atomic mass is 19.1. The van der Waals surface area contributed by atoms with E-state index in [1.54, 1.807) is 17.0 Å². The molecular weight excluding hydrogens is 321 g/mol. The van der Waals surface area contributed by atoms with Gasteiger partial charge in [-0.3, -0.25) is 4.79 Å². The summed E-state index contributed by atoms with van der Waals surface area (Å²) in [5.41, 5.74) is 7.57. The number of nitrogens with zero attached hydrogens (tertiary/aromatic N) is 1. The summed E-state index contributed by atoms with van der Waals surface area (Å²) >= 11 is 0. The second-order valence-corrected chi connectivity index (χ2v) is 6.82. The van der Waals surface area contributed by atoms with Gasteiger partial charge in [0.15, 0.2) is 0 Å². The molecule has 0 unspecified atom stereocenters. The number of carbonyl (C=O) groups excluding carboxylic acids is 2. The van der Waals surface area contributed by atoms with Gasteiger partial charge in [0.25, 0.3) is 0 Å². The van der Waals surface area contributed by atoms with Crippen LogP contribution in [0.2, 0.25) is 0 Å². The van der Waals surface area contributed by atoms with Crippen LogP contribution in [0.1, 0.15) is 37.7 Å². The van der Waals surface area contributed by atoms with Gasteiger partial charge >= 0.3 is 6.03 Å². The van der Waals surface area contributed by atoms with E-state index in [2.05, 4.69) is 11.4 Å². The first-order valence-electron chi connectivity index (χ1n) is 8.82. The first-order valence-corrected chi connectivity index (χ1v) is 8.82. The van der Waals surface area contributed by atoms with Gasteiger partial charge in [-0.05, 0) is 55.4 Å². The van der Waals surface area contributed by atoms with Crippen LogP contribution in [0.25, 0.3) is 5.57 Å². The van der Waals surface area contributed by atoms with Crippen LogP contribution < -0.4 is 11.1 Å². The Labute approximate surface area is 147 Å². The van der Waals surface area contributed by atoms with Crippen molar-refractivity contribution >= 4 is 17.5 Å². The average Bonchev–Trinajstić information content (AvgIpc) is 2.63. The van der Waals surface area contributed by atoms with Crippen molar-refractivity contribution in [2.45, 2.75) is 38.1 Å². The molecule has 3 N–H and O–H groups in total. The number of hydrogen-bond acceptors (Lipinski definition) is 2. The molecule has 0 aromatic heterocycles. The lowest BCUT2D eigenvalue weighted by Crippen LogP contribution is -2.49. The van der Waals surface area contributed by atoms with Crippen LogP contribution in [0.4, 0.5) is 9.18 Å². The van der Waals surface area contributed by atoms with Gasteiger partial charge in [0, 0.05) is 25.0 Å². The van der Waals surface area contributed by atoms with Gasteiger partial charge in [0.05, 0.1) is 0 Å². The second kappa shape index (κ2) is 7.68. The van der Waals surface area contributed by atoms with E-state index in [4.69, 9.17) is 5.73 Å². The van der Waals surface area contributed by atoms with Gasteiger partial charge in [-0.25, -0.2) is 9.18 Å². The molecule has 0 radical (unpaired) electrons. The maximum atomic E-state index is 13.0. The van der Waals surface area contributed by atoms with Crippen LogP contribution >= 0.6 is 0 Å². The number of nitrogens with one attached hydrogen (secondary N) is 1. The molecule has 1 aliphatic carbocycles. The van der Waals surface area contributed by atoms with E-state index < -0.39 is 0 Å². The number of nitrogens with two attached hydrogens (primary N) is 1. The van der Waals surface area contributed by atoms with Gasteiger partial charge < -0.3 is 16.0 Å². The molecule has 1 fully saturated rings. The molecule has 6 heteroatoms. The molecule has 134 valence electrons. The highest BCUT2D eigenvalue weighted by molar-refractivity contribution is 5.78. The molecule has 1 atom stereocenters. The molecule has 3 rings (SSSR count).